The minimum absolute atomic E-state index is 0.230. The number of ether oxygens (including phenoxy) is 2. The van der Waals surface area contributed by atoms with Gasteiger partial charge in [-0.3, -0.25) is 0 Å². The molecule has 1 atom stereocenters. The van der Waals surface area contributed by atoms with Gasteiger partial charge in [0, 0.05) is 12.0 Å². The normalized spacial score (nSPS) is 26.0. The Morgan fingerprint density at radius 2 is 2.54 bits per heavy atom. The Bertz CT molecular complexity index is 208. The molecule has 0 amide bonds. The summed E-state index contributed by atoms with van der Waals surface area (Å²) in [5, 5.41) is 0. The number of esters is 1. The van der Waals surface area contributed by atoms with Crippen LogP contribution in [0, 0.1) is 5.92 Å². The Balaban J connectivity index is 2.52. The van der Waals surface area contributed by atoms with E-state index in [-0.39, 0.29) is 5.97 Å². The second-order valence-electron chi connectivity index (χ2n) is 3.20. The van der Waals surface area contributed by atoms with E-state index in [2.05, 4.69) is 6.92 Å². The maximum absolute atomic E-state index is 11.1. The lowest BCUT2D eigenvalue weighted by atomic mass is 9.97. The van der Waals surface area contributed by atoms with Crippen molar-refractivity contribution in [2.75, 3.05) is 19.8 Å². The van der Waals surface area contributed by atoms with E-state index >= 15 is 0 Å². The first-order valence-corrected chi connectivity index (χ1v) is 4.69. The first kappa shape index (κ1) is 10.3. The molecule has 0 saturated carbocycles. The predicted octanol–water partition coefficient (Wildman–Crippen LogP) is 1.53. The Morgan fingerprint density at radius 3 is 3.15 bits per heavy atom. The third-order valence-electron chi connectivity index (χ3n) is 2.13. The number of hydrogen-bond acceptors (Lipinski definition) is 3. The summed E-state index contributed by atoms with van der Waals surface area (Å²) < 4.78 is 10.1. The first-order chi connectivity index (χ1) is 6.24. The van der Waals surface area contributed by atoms with Crippen molar-refractivity contribution < 1.29 is 14.3 Å². The molecule has 1 aliphatic heterocycles. The maximum Gasteiger partial charge on any atom is 0.330 e. The minimum Gasteiger partial charge on any atom is -0.463 e. The van der Waals surface area contributed by atoms with Crippen LogP contribution < -0.4 is 0 Å². The van der Waals surface area contributed by atoms with Crippen molar-refractivity contribution in [2.24, 2.45) is 5.92 Å². The number of hydrogen-bond donors (Lipinski definition) is 0. The second-order valence-corrected chi connectivity index (χ2v) is 3.20. The minimum atomic E-state index is -0.230. The zero-order valence-electron chi connectivity index (χ0n) is 8.21. The molecule has 0 aliphatic carbocycles. The van der Waals surface area contributed by atoms with Crippen LogP contribution in [0.25, 0.3) is 0 Å². The van der Waals surface area contributed by atoms with Crippen molar-refractivity contribution in [1.82, 2.24) is 0 Å². The maximum atomic E-state index is 11.1. The van der Waals surface area contributed by atoms with Crippen LogP contribution in [-0.4, -0.2) is 25.8 Å². The molecular weight excluding hydrogens is 168 g/mol. The summed E-state index contributed by atoms with van der Waals surface area (Å²) in [7, 11) is 0. The van der Waals surface area contributed by atoms with E-state index in [9.17, 15) is 4.79 Å². The molecule has 3 heteroatoms. The van der Waals surface area contributed by atoms with Gasteiger partial charge in [-0.1, -0.05) is 12.5 Å². The average Bonchev–Trinajstić information content (AvgIpc) is 2.09. The standard InChI is InChI=1S/C10H16O3/c1-3-13-10(11)6-9-4-5-12-7-8(9)2/h6,8H,3-5,7H2,1-2H3/b9-6-. The molecule has 13 heavy (non-hydrogen) atoms. The quantitative estimate of drug-likeness (QED) is 0.482. The summed E-state index contributed by atoms with van der Waals surface area (Å²) in [6, 6.07) is 0. The molecule has 0 aromatic carbocycles. The topological polar surface area (TPSA) is 35.5 Å². The highest BCUT2D eigenvalue weighted by Crippen LogP contribution is 2.19. The first-order valence-electron chi connectivity index (χ1n) is 4.69. The van der Waals surface area contributed by atoms with E-state index in [1.54, 1.807) is 6.08 Å². The lowest BCUT2D eigenvalue weighted by molar-refractivity contribution is -0.137. The summed E-state index contributed by atoms with van der Waals surface area (Å²) in [5.41, 5.74) is 1.14. The van der Waals surface area contributed by atoms with E-state index in [0.29, 0.717) is 19.1 Å². The average molecular weight is 184 g/mol. The number of carbonyl (C=O) groups excluding carboxylic acids is 1. The van der Waals surface area contributed by atoms with Gasteiger partial charge in [-0.2, -0.15) is 0 Å². The lowest BCUT2D eigenvalue weighted by Crippen LogP contribution is -2.18. The van der Waals surface area contributed by atoms with Gasteiger partial charge < -0.3 is 9.47 Å². The van der Waals surface area contributed by atoms with Gasteiger partial charge in [0.15, 0.2) is 0 Å². The van der Waals surface area contributed by atoms with E-state index in [1.165, 1.54) is 0 Å². The van der Waals surface area contributed by atoms with Crippen molar-refractivity contribution >= 4 is 5.97 Å². The summed E-state index contributed by atoms with van der Waals surface area (Å²) in [6.07, 6.45) is 2.46. The van der Waals surface area contributed by atoms with Crippen LogP contribution in [0.2, 0.25) is 0 Å². The molecule has 1 saturated heterocycles. The molecule has 0 aromatic rings. The summed E-state index contributed by atoms with van der Waals surface area (Å²) in [4.78, 5) is 11.1. The molecule has 0 spiro atoms. The highest BCUT2D eigenvalue weighted by Gasteiger charge is 2.15. The fraction of sp³-hybridized carbons (Fsp3) is 0.700. The molecule has 1 fully saturated rings. The molecule has 1 aliphatic rings. The Labute approximate surface area is 78.7 Å². The van der Waals surface area contributed by atoms with Gasteiger partial charge in [-0.25, -0.2) is 4.79 Å². The van der Waals surface area contributed by atoms with Crippen LogP contribution in [0.1, 0.15) is 20.3 Å². The van der Waals surface area contributed by atoms with E-state index in [1.807, 2.05) is 6.92 Å². The van der Waals surface area contributed by atoms with Crippen LogP contribution >= 0.6 is 0 Å². The van der Waals surface area contributed by atoms with Crippen LogP contribution in [0.15, 0.2) is 11.6 Å². The van der Waals surface area contributed by atoms with Crippen LogP contribution in [0.4, 0.5) is 0 Å². The zero-order chi connectivity index (χ0) is 9.68. The molecule has 1 heterocycles. The highest BCUT2D eigenvalue weighted by molar-refractivity contribution is 5.82. The summed E-state index contributed by atoms with van der Waals surface area (Å²) >= 11 is 0. The molecule has 1 rings (SSSR count). The van der Waals surface area contributed by atoms with Gasteiger partial charge in [0.1, 0.15) is 0 Å². The zero-order valence-corrected chi connectivity index (χ0v) is 8.21. The van der Waals surface area contributed by atoms with Crippen molar-refractivity contribution in [3.05, 3.63) is 11.6 Å². The molecule has 74 valence electrons. The van der Waals surface area contributed by atoms with E-state index in [4.69, 9.17) is 9.47 Å². The molecule has 0 radical (unpaired) electrons. The van der Waals surface area contributed by atoms with Crippen molar-refractivity contribution in [3.63, 3.8) is 0 Å². The molecule has 3 nitrogen and oxygen atoms in total. The number of carbonyl (C=O) groups is 1. The largest absolute Gasteiger partial charge is 0.463 e. The van der Waals surface area contributed by atoms with Crippen molar-refractivity contribution in [3.8, 4) is 0 Å². The van der Waals surface area contributed by atoms with E-state index < -0.39 is 0 Å². The highest BCUT2D eigenvalue weighted by atomic mass is 16.5. The van der Waals surface area contributed by atoms with Crippen LogP contribution in [-0.2, 0) is 14.3 Å². The lowest BCUT2D eigenvalue weighted by Gasteiger charge is -2.21. The van der Waals surface area contributed by atoms with Crippen LogP contribution in [0.3, 0.4) is 0 Å². The molecular formula is C10H16O3. The SMILES string of the molecule is CCOC(=O)/C=C1/CCOCC1C. The molecule has 0 bridgehead atoms. The Kier molecular flexibility index (Phi) is 3.96. The van der Waals surface area contributed by atoms with Gasteiger partial charge in [0.05, 0.1) is 19.8 Å². The fourth-order valence-electron chi connectivity index (χ4n) is 1.35. The van der Waals surface area contributed by atoms with Gasteiger partial charge in [0.25, 0.3) is 0 Å². The Morgan fingerprint density at radius 1 is 1.77 bits per heavy atom. The summed E-state index contributed by atoms with van der Waals surface area (Å²) in [6.45, 7) is 5.74. The fourth-order valence-corrected chi connectivity index (χ4v) is 1.35. The van der Waals surface area contributed by atoms with Gasteiger partial charge in [0.2, 0.25) is 0 Å². The van der Waals surface area contributed by atoms with Gasteiger partial charge in [-0.15, -0.1) is 0 Å². The number of rotatable bonds is 2. The smallest absolute Gasteiger partial charge is 0.330 e. The van der Waals surface area contributed by atoms with Gasteiger partial charge >= 0.3 is 5.97 Å². The monoisotopic (exact) mass is 184 g/mol. The predicted molar refractivity (Wildman–Crippen MR) is 49.3 cm³/mol. The van der Waals surface area contributed by atoms with Crippen LogP contribution in [0.5, 0.6) is 0 Å². The van der Waals surface area contributed by atoms with Crippen molar-refractivity contribution in [2.45, 2.75) is 20.3 Å². The Hall–Kier alpha value is -0.830. The van der Waals surface area contributed by atoms with Crippen molar-refractivity contribution in [1.29, 1.82) is 0 Å². The molecule has 0 N–H and O–H groups in total. The summed E-state index contributed by atoms with van der Waals surface area (Å²) in [5.74, 6) is 0.115. The third-order valence-corrected chi connectivity index (χ3v) is 2.13. The molecule has 0 aromatic heterocycles. The van der Waals surface area contributed by atoms with E-state index in [0.717, 1.165) is 18.6 Å². The van der Waals surface area contributed by atoms with Gasteiger partial charge in [-0.05, 0) is 13.3 Å². The second kappa shape index (κ2) is 5.02. The third kappa shape index (κ3) is 3.19. The molecule has 1 unspecified atom stereocenters.